The van der Waals surface area contributed by atoms with E-state index in [2.05, 4.69) is 4.57 Å². The molecule has 1 aromatic carbocycles. The van der Waals surface area contributed by atoms with Crippen LogP contribution in [0, 0.1) is 0 Å². The Hall–Kier alpha value is -2.04. The first-order valence-corrected chi connectivity index (χ1v) is 6.69. The highest BCUT2D eigenvalue weighted by Gasteiger charge is 2.29. The summed E-state index contributed by atoms with van der Waals surface area (Å²) in [6.45, 7) is 0.787. The van der Waals surface area contributed by atoms with Crippen LogP contribution in [0.15, 0.2) is 18.2 Å². The van der Waals surface area contributed by atoms with Gasteiger partial charge in [0.25, 0.3) is 0 Å². The molecule has 100 valence electrons. The van der Waals surface area contributed by atoms with Crippen molar-refractivity contribution in [2.24, 2.45) is 5.73 Å². The highest BCUT2D eigenvalue weighted by molar-refractivity contribution is 5.80. The van der Waals surface area contributed by atoms with E-state index in [9.17, 15) is 4.79 Å². The van der Waals surface area contributed by atoms with Crippen LogP contribution in [0.25, 0.3) is 11.0 Å². The highest BCUT2D eigenvalue weighted by Crippen LogP contribution is 2.40. The van der Waals surface area contributed by atoms with Crippen molar-refractivity contribution in [2.45, 2.75) is 38.1 Å². The number of nitrogen functional groups attached to an aromatic ring is 1. The van der Waals surface area contributed by atoms with E-state index in [1.807, 2.05) is 18.2 Å². The van der Waals surface area contributed by atoms with Crippen LogP contribution in [0.4, 0.5) is 5.69 Å². The summed E-state index contributed by atoms with van der Waals surface area (Å²) in [5.41, 5.74) is 13.8. The van der Waals surface area contributed by atoms with Gasteiger partial charge in [0.15, 0.2) is 0 Å². The fraction of sp³-hybridized carbons (Fsp3) is 0.429. The molecule has 0 aliphatic heterocycles. The van der Waals surface area contributed by atoms with Gasteiger partial charge in [-0.1, -0.05) is 0 Å². The third-order valence-corrected chi connectivity index (χ3v) is 3.55. The van der Waals surface area contributed by atoms with Crippen molar-refractivity contribution in [2.75, 3.05) is 5.73 Å². The smallest absolute Gasteiger partial charge is 0.217 e. The molecule has 4 N–H and O–H groups in total. The molecular formula is C14H18N4O. The van der Waals surface area contributed by atoms with Crippen molar-refractivity contribution < 1.29 is 4.79 Å². The Morgan fingerprint density at radius 2 is 2.21 bits per heavy atom. The lowest BCUT2D eigenvalue weighted by molar-refractivity contribution is -0.118. The van der Waals surface area contributed by atoms with Gasteiger partial charge in [-0.15, -0.1) is 0 Å². The van der Waals surface area contributed by atoms with E-state index in [1.165, 1.54) is 12.8 Å². The van der Waals surface area contributed by atoms with E-state index in [-0.39, 0.29) is 5.91 Å². The summed E-state index contributed by atoms with van der Waals surface area (Å²) in [5, 5.41) is 0. The number of nitrogens with zero attached hydrogens (tertiary/aromatic N) is 2. The van der Waals surface area contributed by atoms with Gasteiger partial charge in [-0.2, -0.15) is 0 Å². The minimum absolute atomic E-state index is 0.248. The van der Waals surface area contributed by atoms with Crippen LogP contribution in [-0.2, 0) is 11.3 Å². The molecule has 5 nitrogen and oxygen atoms in total. The second-order valence-electron chi connectivity index (χ2n) is 5.21. The van der Waals surface area contributed by atoms with E-state index in [1.54, 1.807) is 0 Å². The summed E-state index contributed by atoms with van der Waals surface area (Å²) in [5.74, 6) is 1.45. The van der Waals surface area contributed by atoms with Gasteiger partial charge in [0.1, 0.15) is 5.82 Å². The molecule has 1 aromatic heterocycles. The average molecular weight is 258 g/mol. The van der Waals surface area contributed by atoms with Gasteiger partial charge in [0.2, 0.25) is 5.91 Å². The van der Waals surface area contributed by atoms with Gasteiger partial charge in [-0.05, 0) is 37.5 Å². The third-order valence-electron chi connectivity index (χ3n) is 3.55. The Morgan fingerprint density at radius 3 is 2.89 bits per heavy atom. The predicted molar refractivity (Wildman–Crippen MR) is 74.5 cm³/mol. The molecule has 1 aliphatic rings. The van der Waals surface area contributed by atoms with Crippen molar-refractivity contribution in [3.63, 3.8) is 0 Å². The summed E-state index contributed by atoms with van der Waals surface area (Å²) in [4.78, 5) is 15.5. The number of aromatic nitrogens is 2. The zero-order valence-electron chi connectivity index (χ0n) is 10.8. The SMILES string of the molecule is NC(=O)CCCn1c(C2CC2)nc2cc(N)ccc21. The van der Waals surface area contributed by atoms with E-state index < -0.39 is 0 Å². The number of hydrogen-bond acceptors (Lipinski definition) is 3. The number of nitrogens with two attached hydrogens (primary N) is 2. The summed E-state index contributed by atoms with van der Waals surface area (Å²) < 4.78 is 2.22. The molecule has 0 radical (unpaired) electrons. The molecule has 0 bridgehead atoms. The second-order valence-corrected chi connectivity index (χ2v) is 5.21. The molecular weight excluding hydrogens is 240 g/mol. The van der Waals surface area contributed by atoms with Gasteiger partial charge in [-0.25, -0.2) is 4.98 Å². The van der Waals surface area contributed by atoms with Crippen LogP contribution in [0.2, 0.25) is 0 Å². The van der Waals surface area contributed by atoms with E-state index >= 15 is 0 Å². The fourth-order valence-electron chi connectivity index (χ4n) is 2.47. The Morgan fingerprint density at radius 1 is 1.42 bits per heavy atom. The molecule has 1 fully saturated rings. The average Bonchev–Trinajstić information content (AvgIpc) is 3.13. The van der Waals surface area contributed by atoms with Crippen LogP contribution in [0.1, 0.15) is 37.4 Å². The first kappa shape index (κ1) is 12.0. The van der Waals surface area contributed by atoms with E-state index in [0.717, 1.165) is 35.5 Å². The number of primary amides is 1. The number of amides is 1. The highest BCUT2D eigenvalue weighted by atomic mass is 16.1. The molecule has 3 rings (SSSR count). The predicted octanol–water partition coefficient (Wildman–Crippen LogP) is 1.76. The van der Waals surface area contributed by atoms with Crippen molar-refractivity contribution in [3.05, 3.63) is 24.0 Å². The number of anilines is 1. The lowest BCUT2D eigenvalue weighted by Crippen LogP contribution is -2.12. The fourth-order valence-corrected chi connectivity index (χ4v) is 2.47. The molecule has 19 heavy (non-hydrogen) atoms. The monoisotopic (exact) mass is 258 g/mol. The lowest BCUT2D eigenvalue weighted by atomic mass is 10.2. The molecule has 1 aliphatic carbocycles. The van der Waals surface area contributed by atoms with Crippen molar-refractivity contribution in [1.82, 2.24) is 9.55 Å². The molecule has 1 heterocycles. The Kier molecular flexibility index (Phi) is 2.89. The summed E-state index contributed by atoms with van der Waals surface area (Å²) in [6, 6.07) is 5.81. The topological polar surface area (TPSA) is 86.9 Å². The first-order chi connectivity index (χ1) is 9.15. The van der Waals surface area contributed by atoms with Gasteiger partial charge in [-0.3, -0.25) is 4.79 Å². The molecule has 2 aromatic rings. The normalized spacial score (nSPS) is 14.9. The number of aryl methyl sites for hydroxylation is 1. The summed E-state index contributed by atoms with van der Waals surface area (Å²) >= 11 is 0. The van der Waals surface area contributed by atoms with Crippen molar-refractivity contribution in [1.29, 1.82) is 0 Å². The number of imidazole rings is 1. The molecule has 0 atom stereocenters. The molecule has 0 spiro atoms. The minimum atomic E-state index is -0.248. The van der Waals surface area contributed by atoms with Gasteiger partial charge in [0.05, 0.1) is 11.0 Å². The first-order valence-electron chi connectivity index (χ1n) is 6.69. The van der Waals surface area contributed by atoms with Crippen LogP contribution < -0.4 is 11.5 Å². The van der Waals surface area contributed by atoms with Crippen molar-refractivity contribution >= 4 is 22.6 Å². The maximum absolute atomic E-state index is 10.8. The maximum atomic E-state index is 10.8. The zero-order valence-corrected chi connectivity index (χ0v) is 10.8. The number of benzene rings is 1. The molecule has 1 saturated carbocycles. The number of rotatable bonds is 5. The van der Waals surface area contributed by atoms with Crippen LogP contribution >= 0.6 is 0 Å². The summed E-state index contributed by atoms with van der Waals surface area (Å²) in [7, 11) is 0. The van der Waals surface area contributed by atoms with E-state index in [0.29, 0.717) is 12.3 Å². The summed E-state index contributed by atoms with van der Waals surface area (Å²) in [6.07, 6.45) is 3.58. The quantitative estimate of drug-likeness (QED) is 0.801. The number of carbonyl (C=O) groups excluding carboxylic acids is 1. The van der Waals surface area contributed by atoms with Gasteiger partial charge in [0, 0.05) is 24.6 Å². The standard InChI is InChI=1S/C14H18N4O/c15-10-5-6-12-11(8-10)17-14(9-3-4-9)18(12)7-1-2-13(16)19/h5-6,8-9H,1-4,7,15H2,(H2,16,19). The van der Waals surface area contributed by atoms with E-state index in [4.69, 9.17) is 16.5 Å². The maximum Gasteiger partial charge on any atom is 0.217 e. The molecule has 5 heteroatoms. The Bertz CT molecular complexity index is 628. The van der Waals surface area contributed by atoms with Crippen LogP contribution in [-0.4, -0.2) is 15.5 Å². The van der Waals surface area contributed by atoms with Crippen LogP contribution in [0.5, 0.6) is 0 Å². The molecule has 0 unspecified atom stereocenters. The third kappa shape index (κ3) is 2.41. The number of carbonyl (C=O) groups is 1. The van der Waals surface area contributed by atoms with Crippen LogP contribution in [0.3, 0.4) is 0 Å². The molecule has 0 saturated heterocycles. The largest absolute Gasteiger partial charge is 0.399 e. The number of hydrogen-bond donors (Lipinski definition) is 2. The second kappa shape index (κ2) is 4.57. The Balaban J connectivity index is 1.94. The lowest BCUT2D eigenvalue weighted by Gasteiger charge is -2.07. The van der Waals surface area contributed by atoms with Gasteiger partial charge < -0.3 is 16.0 Å². The Labute approximate surface area is 111 Å². The number of fused-ring (bicyclic) bond motifs is 1. The van der Waals surface area contributed by atoms with Gasteiger partial charge >= 0.3 is 0 Å². The zero-order chi connectivity index (χ0) is 13.4. The molecule has 1 amide bonds. The minimum Gasteiger partial charge on any atom is -0.399 e. The van der Waals surface area contributed by atoms with Crippen molar-refractivity contribution in [3.8, 4) is 0 Å².